The fourth-order valence-corrected chi connectivity index (χ4v) is 4.12. The molecule has 2 fully saturated rings. The molecular weight excluding hydrogens is 232 g/mol. The summed E-state index contributed by atoms with van der Waals surface area (Å²) in [5.41, 5.74) is 0. The maximum atomic E-state index is 3.59. The molecule has 2 aliphatic carbocycles. The summed E-state index contributed by atoms with van der Waals surface area (Å²) in [6, 6.07) is 0. The van der Waals surface area contributed by atoms with Crippen molar-refractivity contribution in [3.05, 3.63) is 0 Å². The summed E-state index contributed by atoms with van der Waals surface area (Å²) in [5.74, 6) is 4.04. The van der Waals surface area contributed by atoms with E-state index in [2.05, 4.69) is 31.1 Å². The van der Waals surface area contributed by atoms with E-state index in [1.54, 1.807) is 6.42 Å². The first-order chi connectivity index (χ1) is 9.15. The Morgan fingerprint density at radius 3 is 2.63 bits per heavy atom. The molecule has 2 saturated carbocycles. The second-order valence-electron chi connectivity index (χ2n) is 7.48. The van der Waals surface area contributed by atoms with Crippen molar-refractivity contribution in [1.29, 1.82) is 0 Å². The van der Waals surface area contributed by atoms with Gasteiger partial charge in [0.05, 0.1) is 0 Å². The molecule has 0 heterocycles. The fraction of sp³-hybridized carbons (Fsp3) is 1.00. The SMILES string of the molecule is CC(C)CCCNCCN(C)CC1CC2CCC1C2. The minimum atomic E-state index is 0.849. The predicted octanol–water partition coefficient (Wildman–Crippen LogP) is 3.38. The van der Waals surface area contributed by atoms with Gasteiger partial charge < -0.3 is 10.2 Å². The van der Waals surface area contributed by atoms with Gasteiger partial charge >= 0.3 is 0 Å². The zero-order valence-corrected chi connectivity index (χ0v) is 13.3. The Bertz CT molecular complexity index is 252. The summed E-state index contributed by atoms with van der Waals surface area (Å²) in [5, 5.41) is 3.59. The van der Waals surface area contributed by atoms with Crippen LogP contribution in [0.15, 0.2) is 0 Å². The van der Waals surface area contributed by atoms with Crippen molar-refractivity contribution in [1.82, 2.24) is 10.2 Å². The van der Waals surface area contributed by atoms with Crippen LogP contribution < -0.4 is 5.32 Å². The number of hydrogen-bond donors (Lipinski definition) is 1. The Morgan fingerprint density at radius 2 is 2.00 bits per heavy atom. The smallest absolute Gasteiger partial charge is 0.0104 e. The van der Waals surface area contributed by atoms with E-state index in [4.69, 9.17) is 0 Å². The highest BCUT2D eigenvalue weighted by atomic mass is 15.1. The van der Waals surface area contributed by atoms with Gasteiger partial charge in [-0.1, -0.05) is 20.3 Å². The van der Waals surface area contributed by atoms with Crippen molar-refractivity contribution in [2.75, 3.05) is 33.2 Å². The maximum absolute atomic E-state index is 3.59. The maximum Gasteiger partial charge on any atom is 0.0104 e. The lowest BCUT2D eigenvalue weighted by atomic mass is 9.88. The van der Waals surface area contributed by atoms with Gasteiger partial charge in [-0.3, -0.25) is 0 Å². The molecule has 19 heavy (non-hydrogen) atoms. The Labute approximate surface area is 120 Å². The molecule has 0 aromatic carbocycles. The molecule has 3 atom stereocenters. The van der Waals surface area contributed by atoms with E-state index in [1.807, 2.05) is 0 Å². The van der Waals surface area contributed by atoms with Crippen LogP contribution in [-0.4, -0.2) is 38.1 Å². The molecule has 0 amide bonds. The van der Waals surface area contributed by atoms with Crippen LogP contribution in [0.2, 0.25) is 0 Å². The first-order valence-corrected chi connectivity index (χ1v) is 8.54. The van der Waals surface area contributed by atoms with Gasteiger partial charge in [-0.25, -0.2) is 0 Å². The van der Waals surface area contributed by atoms with Crippen LogP contribution in [0.4, 0.5) is 0 Å². The summed E-state index contributed by atoms with van der Waals surface area (Å²) < 4.78 is 0. The number of nitrogens with zero attached hydrogens (tertiary/aromatic N) is 1. The fourth-order valence-electron chi connectivity index (χ4n) is 4.12. The van der Waals surface area contributed by atoms with Crippen LogP contribution in [0.3, 0.4) is 0 Å². The molecular formula is C17H34N2. The first-order valence-electron chi connectivity index (χ1n) is 8.54. The van der Waals surface area contributed by atoms with E-state index in [-0.39, 0.29) is 0 Å². The molecule has 1 N–H and O–H groups in total. The summed E-state index contributed by atoms with van der Waals surface area (Å²) in [7, 11) is 2.31. The average Bonchev–Trinajstić information content (AvgIpc) is 2.95. The van der Waals surface area contributed by atoms with Gasteiger partial charge in [-0.15, -0.1) is 0 Å². The number of hydrogen-bond acceptors (Lipinski definition) is 2. The Morgan fingerprint density at radius 1 is 1.16 bits per heavy atom. The molecule has 3 unspecified atom stereocenters. The van der Waals surface area contributed by atoms with Crippen molar-refractivity contribution < 1.29 is 0 Å². The molecule has 2 bridgehead atoms. The molecule has 2 heteroatoms. The second kappa shape index (κ2) is 7.64. The van der Waals surface area contributed by atoms with Crippen molar-refractivity contribution in [3.8, 4) is 0 Å². The largest absolute Gasteiger partial charge is 0.315 e. The summed E-state index contributed by atoms with van der Waals surface area (Å²) >= 11 is 0. The van der Waals surface area contributed by atoms with Crippen LogP contribution in [0, 0.1) is 23.7 Å². The van der Waals surface area contributed by atoms with Crippen molar-refractivity contribution >= 4 is 0 Å². The lowest BCUT2D eigenvalue weighted by Gasteiger charge is -2.27. The minimum Gasteiger partial charge on any atom is -0.315 e. The number of rotatable bonds is 9. The summed E-state index contributed by atoms with van der Waals surface area (Å²) in [6.07, 6.45) is 8.81. The van der Waals surface area contributed by atoms with Gasteiger partial charge in [0, 0.05) is 19.6 Å². The van der Waals surface area contributed by atoms with Crippen LogP contribution in [0.25, 0.3) is 0 Å². The standard InChI is InChI=1S/C17H34N2/c1-14(2)5-4-8-18-9-10-19(3)13-17-12-15-6-7-16(17)11-15/h14-18H,4-13H2,1-3H3. The van der Waals surface area contributed by atoms with Crippen molar-refractivity contribution in [2.45, 2.75) is 52.4 Å². The molecule has 0 aromatic rings. The van der Waals surface area contributed by atoms with E-state index in [1.165, 1.54) is 51.7 Å². The zero-order valence-electron chi connectivity index (χ0n) is 13.3. The molecule has 0 spiro atoms. The van der Waals surface area contributed by atoms with Crippen LogP contribution >= 0.6 is 0 Å². The Hall–Kier alpha value is -0.0800. The van der Waals surface area contributed by atoms with Gasteiger partial charge in [0.25, 0.3) is 0 Å². The molecule has 0 aromatic heterocycles. The van der Waals surface area contributed by atoms with Gasteiger partial charge in [0.1, 0.15) is 0 Å². The lowest BCUT2D eigenvalue weighted by molar-refractivity contribution is 0.220. The van der Waals surface area contributed by atoms with Crippen molar-refractivity contribution in [3.63, 3.8) is 0 Å². The zero-order chi connectivity index (χ0) is 13.7. The second-order valence-corrected chi connectivity index (χ2v) is 7.48. The number of nitrogens with one attached hydrogen (secondary N) is 1. The highest BCUT2D eigenvalue weighted by Crippen LogP contribution is 2.48. The van der Waals surface area contributed by atoms with E-state index in [0.29, 0.717) is 0 Å². The van der Waals surface area contributed by atoms with E-state index in [0.717, 1.165) is 30.2 Å². The molecule has 112 valence electrons. The normalized spacial score (nSPS) is 29.8. The van der Waals surface area contributed by atoms with E-state index in [9.17, 15) is 0 Å². The monoisotopic (exact) mass is 266 g/mol. The summed E-state index contributed by atoms with van der Waals surface area (Å²) in [4.78, 5) is 2.56. The van der Waals surface area contributed by atoms with Gasteiger partial charge in [-0.05, 0) is 69.4 Å². The first kappa shape index (κ1) is 15.3. The van der Waals surface area contributed by atoms with Gasteiger partial charge in [0.2, 0.25) is 0 Å². The average molecular weight is 266 g/mol. The molecule has 2 aliphatic rings. The van der Waals surface area contributed by atoms with E-state index >= 15 is 0 Å². The minimum absolute atomic E-state index is 0.849. The lowest BCUT2D eigenvalue weighted by Crippen LogP contribution is -2.34. The predicted molar refractivity (Wildman–Crippen MR) is 83.4 cm³/mol. The third kappa shape index (κ3) is 5.07. The highest BCUT2D eigenvalue weighted by Gasteiger charge is 2.39. The van der Waals surface area contributed by atoms with Crippen LogP contribution in [0.5, 0.6) is 0 Å². The molecule has 0 radical (unpaired) electrons. The number of likely N-dealkylation sites (N-methyl/N-ethyl adjacent to an activating group) is 1. The third-order valence-corrected chi connectivity index (χ3v) is 5.24. The van der Waals surface area contributed by atoms with E-state index < -0.39 is 0 Å². The summed E-state index contributed by atoms with van der Waals surface area (Å²) in [6.45, 7) is 9.53. The van der Waals surface area contributed by atoms with Crippen LogP contribution in [0.1, 0.15) is 52.4 Å². The number of fused-ring (bicyclic) bond motifs is 2. The molecule has 0 saturated heterocycles. The third-order valence-electron chi connectivity index (χ3n) is 5.24. The highest BCUT2D eigenvalue weighted by molar-refractivity contribution is 4.90. The molecule has 2 rings (SSSR count). The van der Waals surface area contributed by atoms with Gasteiger partial charge in [-0.2, -0.15) is 0 Å². The molecule has 0 aliphatic heterocycles. The Balaban J connectivity index is 1.47. The van der Waals surface area contributed by atoms with Gasteiger partial charge in [0.15, 0.2) is 0 Å². The van der Waals surface area contributed by atoms with Crippen molar-refractivity contribution in [2.24, 2.45) is 23.7 Å². The topological polar surface area (TPSA) is 15.3 Å². The molecule has 2 nitrogen and oxygen atoms in total. The Kier molecular flexibility index (Phi) is 6.15. The van der Waals surface area contributed by atoms with Crippen LogP contribution in [-0.2, 0) is 0 Å². The quantitative estimate of drug-likeness (QED) is 0.644.